The molecule has 5 rings (SSSR count). The zero-order valence-electron chi connectivity index (χ0n) is 15.1. The summed E-state index contributed by atoms with van der Waals surface area (Å²) in [5.74, 6) is -2.02. The number of hydrogen-bond acceptors (Lipinski definition) is 7. The number of ketones is 1. The van der Waals surface area contributed by atoms with E-state index >= 15 is 0 Å². The summed E-state index contributed by atoms with van der Waals surface area (Å²) in [6.45, 7) is 1.56. The number of cyclic esters (lactones) is 2. The van der Waals surface area contributed by atoms with Gasteiger partial charge < -0.3 is 19.0 Å². The lowest BCUT2D eigenvalue weighted by Gasteiger charge is -2.57. The van der Waals surface area contributed by atoms with E-state index in [1.165, 1.54) is 12.5 Å². The van der Waals surface area contributed by atoms with Crippen molar-refractivity contribution >= 4 is 17.7 Å². The molecule has 0 amide bonds. The Morgan fingerprint density at radius 1 is 1.22 bits per heavy atom. The highest BCUT2D eigenvalue weighted by Crippen LogP contribution is 2.68. The molecule has 1 aromatic rings. The summed E-state index contributed by atoms with van der Waals surface area (Å²) in [5, 5.41) is 11.3. The highest BCUT2D eigenvalue weighted by molar-refractivity contribution is 5.97. The molecule has 6 atom stereocenters. The summed E-state index contributed by atoms with van der Waals surface area (Å²) in [6, 6.07) is 1.74. The topological polar surface area (TPSA) is 103 Å². The van der Waals surface area contributed by atoms with Gasteiger partial charge in [-0.2, -0.15) is 0 Å². The monoisotopic (exact) mass is 374 g/mol. The van der Waals surface area contributed by atoms with E-state index in [4.69, 9.17) is 13.9 Å². The van der Waals surface area contributed by atoms with Gasteiger partial charge in [-0.25, -0.2) is 0 Å². The zero-order chi connectivity index (χ0) is 19.0. The van der Waals surface area contributed by atoms with Gasteiger partial charge in [-0.3, -0.25) is 14.4 Å². The molecule has 2 aliphatic carbocycles. The Balaban J connectivity index is 1.65. The van der Waals surface area contributed by atoms with Gasteiger partial charge in [0.2, 0.25) is 0 Å². The SMILES string of the molecule is CC1(O)CC(=O)C23COC(=O)C2CCCC3C12CC(c1ccoc1)OC2=O. The minimum absolute atomic E-state index is 0.00148. The first-order valence-corrected chi connectivity index (χ1v) is 9.48. The Hall–Kier alpha value is -2.15. The number of carbonyl (C=O) groups excluding carboxylic acids is 3. The van der Waals surface area contributed by atoms with Gasteiger partial charge in [-0.1, -0.05) is 6.42 Å². The third kappa shape index (κ3) is 1.88. The summed E-state index contributed by atoms with van der Waals surface area (Å²) in [6.07, 6.45) is 4.47. The van der Waals surface area contributed by atoms with Crippen LogP contribution in [0.1, 0.15) is 50.7 Å². The van der Waals surface area contributed by atoms with Gasteiger partial charge in [0.25, 0.3) is 0 Å². The number of furan rings is 1. The highest BCUT2D eigenvalue weighted by atomic mass is 16.6. The lowest BCUT2D eigenvalue weighted by Crippen LogP contribution is -2.68. The average molecular weight is 374 g/mol. The van der Waals surface area contributed by atoms with Crippen molar-refractivity contribution in [2.45, 2.75) is 50.7 Å². The van der Waals surface area contributed by atoms with Crippen molar-refractivity contribution in [3.63, 3.8) is 0 Å². The molecule has 144 valence electrons. The third-order valence-corrected chi connectivity index (χ3v) is 7.58. The van der Waals surface area contributed by atoms with Crippen LogP contribution in [0.25, 0.3) is 0 Å². The van der Waals surface area contributed by atoms with Crippen molar-refractivity contribution in [2.24, 2.45) is 22.7 Å². The van der Waals surface area contributed by atoms with Crippen LogP contribution in [0, 0.1) is 22.7 Å². The van der Waals surface area contributed by atoms with Crippen molar-refractivity contribution in [3.8, 4) is 0 Å². The molecule has 2 spiro atoms. The predicted molar refractivity (Wildman–Crippen MR) is 89.1 cm³/mol. The van der Waals surface area contributed by atoms with Gasteiger partial charge in [0.15, 0.2) is 0 Å². The maximum absolute atomic E-state index is 13.3. The van der Waals surface area contributed by atoms with E-state index in [0.717, 1.165) is 5.56 Å². The molecule has 3 heterocycles. The van der Waals surface area contributed by atoms with Crippen molar-refractivity contribution in [3.05, 3.63) is 24.2 Å². The van der Waals surface area contributed by atoms with Crippen LogP contribution in [0.15, 0.2) is 23.0 Å². The molecule has 1 aromatic heterocycles. The number of Topliss-reactive ketones (excluding diaryl/α,β-unsaturated/α-hetero) is 1. The number of aliphatic hydroxyl groups is 1. The fourth-order valence-electron chi connectivity index (χ4n) is 6.29. The molecule has 2 saturated heterocycles. The average Bonchev–Trinajstić information content (AvgIpc) is 3.32. The normalized spacial score (nSPS) is 46.1. The summed E-state index contributed by atoms with van der Waals surface area (Å²) < 4.78 is 16.1. The number of hydrogen-bond donors (Lipinski definition) is 1. The molecular weight excluding hydrogens is 352 g/mol. The molecule has 2 saturated carbocycles. The second-order valence-electron chi connectivity index (χ2n) is 8.68. The van der Waals surface area contributed by atoms with Crippen molar-refractivity contribution in [2.75, 3.05) is 6.61 Å². The van der Waals surface area contributed by atoms with E-state index in [2.05, 4.69) is 0 Å². The minimum atomic E-state index is -1.54. The molecule has 4 aliphatic rings. The van der Waals surface area contributed by atoms with Gasteiger partial charge >= 0.3 is 11.9 Å². The Labute approximate surface area is 156 Å². The maximum atomic E-state index is 13.3. The minimum Gasteiger partial charge on any atom is -0.472 e. The van der Waals surface area contributed by atoms with Crippen LogP contribution >= 0.6 is 0 Å². The molecule has 0 radical (unpaired) electrons. The molecular formula is C20H22O7. The van der Waals surface area contributed by atoms with Gasteiger partial charge in [0.1, 0.15) is 23.9 Å². The summed E-state index contributed by atoms with van der Waals surface area (Å²) in [7, 11) is 0. The van der Waals surface area contributed by atoms with E-state index in [1.807, 2.05) is 0 Å². The second kappa shape index (κ2) is 5.22. The molecule has 7 heteroatoms. The molecule has 2 aliphatic heterocycles. The Kier molecular flexibility index (Phi) is 3.28. The quantitative estimate of drug-likeness (QED) is 0.749. The third-order valence-electron chi connectivity index (χ3n) is 7.58. The van der Waals surface area contributed by atoms with Crippen LogP contribution in [-0.4, -0.2) is 35.0 Å². The van der Waals surface area contributed by atoms with E-state index in [-0.39, 0.29) is 31.2 Å². The molecule has 1 N–H and O–H groups in total. The number of esters is 2. The smallest absolute Gasteiger partial charge is 0.316 e. The van der Waals surface area contributed by atoms with Crippen LogP contribution < -0.4 is 0 Å². The van der Waals surface area contributed by atoms with Crippen LogP contribution in [-0.2, 0) is 23.9 Å². The fraction of sp³-hybridized carbons (Fsp3) is 0.650. The van der Waals surface area contributed by atoms with E-state index in [1.54, 1.807) is 13.0 Å². The molecule has 6 unspecified atom stereocenters. The predicted octanol–water partition coefficient (Wildman–Crippen LogP) is 1.94. The summed E-state index contributed by atoms with van der Waals surface area (Å²) >= 11 is 0. The lowest BCUT2D eigenvalue weighted by molar-refractivity contribution is -0.203. The van der Waals surface area contributed by atoms with Crippen LogP contribution in [0.5, 0.6) is 0 Å². The number of fused-ring (bicyclic) bond motifs is 1. The van der Waals surface area contributed by atoms with Gasteiger partial charge in [-0.05, 0) is 31.7 Å². The van der Waals surface area contributed by atoms with E-state index in [9.17, 15) is 19.5 Å². The van der Waals surface area contributed by atoms with E-state index in [0.29, 0.717) is 19.3 Å². The molecule has 0 bridgehead atoms. The molecule has 27 heavy (non-hydrogen) atoms. The Bertz CT molecular complexity index is 825. The molecule has 4 fully saturated rings. The zero-order valence-corrected chi connectivity index (χ0v) is 15.1. The summed E-state index contributed by atoms with van der Waals surface area (Å²) in [5.41, 5.74) is -3.08. The first-order chi connectivity index (χ1) is 12.8. The van der Waals surface area contributed by atoms with Gasteiger partial charge in [0.05, 0.1) is 29.5 Å². The summed E-state index contributed by atoms with van der Waals surface area (Å²) in [4.78, 5) is 38.8. The van der Waals surface area contributed by atoms with Crippen molar-refractivity contribution in [1.29, 1.82) is 0 Å². The lowest BCUT2D eigenvalue weighted by atomic mass is 9.42. The molecule has 0 aromatic carbocycles. The number of rotatable bonds is 1. The molecule has 7 nitrogen and oxygen atoms in total. The largest absolute Gasteiger partial charge is 0.472 e. The van der Waals surface area contributed by atoms with Gasteiger partial charge in [0, 0.05) is 18.4 Å². The Morgan fingerprint density at radius 3 is 2.78 bits per heavy atom. The first kappa shape index (κ1) is 17.0. The van der Waals surface area contributed by atoms with Crippen molar-refractivity contribution in [1.82, 2.24) is 0 Å². The standard InChI is InChI=1S/C20H22O7/c1-18(24)8-15(21)19-10-26-16(22)12(19)3-2-4-14(19)20(18)7-13(27-17(20)23)11-5-6-25-9-11/h5-6,9,12-14,24H,2-4,7-8,10H2,1H3. The van der Waals surface area contributed by atoms with E-state index < -0.39 is 40.3 Å². The number of carbonyl (C=O) groups is 3. The van der Waals surface area contributed by atoms with Crippen LogP contribution in [0.2, 0.25) is 0 Å². The highest BCUT2D eigenvalue weighted by Gasteiger charge is 2.77. The fourth-order valence-corrected chi connectivity index (χ4v) is 6.29. The number of ether oxygens (including phenoxy) is 2. The van der Waals surface area contributed by atoms with Crippen molar-refractivity contribution < 1.29 is 33.4 Å². The Morgan fingerprint density at radius 2 is 2.04 bits per heavy atom. The van der Waals surface area contributed by atoms with Crippen LogP contribution in [0.3, 0.4) is 0 Å². The maximum Gasteiger partial charge on any atom is 0.316 e. The van der Waals surface area contributed by atoms with Gasteiger partial charge in [-0.15, -0.1) is 0 Å². The first-order valence-electron chi connectivity index (χ1n) is 9.48. The second-order valence-corrected chi connectivity index (χ2v) is 8.68. The van der Waals surface area contributed by atoms with Crippen LogP contribution in [0.4, 0.5) is 0 Å².